The first-order valence-corrected chi connectivity index (χ1v) is 20.5. The first-order chi connectivity index (χ1) is 28.7. The number of rotatable bonds is 6. The molecule has 0 atom stereocenters. The van der Waals surface area contributed by atoms with Gasteiger partial charge in [0.25, 0.3) is 0 Å². The fourth-order valence-corrected chi connectivity index (χ4v) is 9.59. The molecular formula is C52H34N4OS. The highest BCUT2D eigenvalue weighted by Gasteiger charge is 2.34. The molecule has 0 N–H and O–H groups in total. The predicted molar refractivity (Wildman–Crippen MR) is 237 cm³/mol. The van der Waals surface area contributed by atoms with Crippen LogP contribution in [0, 0.1) is 0 Å². The van der Waals surface area contributed by atoms with Crippen molar-refractivity contribution in [3.05, 3.63) is 206 Å². The molecule has 8 aromatic carbocycles. The van der Waals surface area contributed by atoms with Gasteiger partial charge in [-0.1, -0.05) is 133 Å². The Morgan fingerprint density at radius 2 is 0.914 bits per heavy atom. The van der Waals surface area contributed by atoms with E-state index in [9.17, 15) is 4.55 Å². The molecule has 0 aliphatic carbocycles. The van der Waals surface area contributed by atoms with Gasteiger partial charge in [0, 0.05) is 50.0 Å². The Hall–Kier alpha value is -7.25. The van der Waals surface area contributed by atoms with E-state index >= 15 is 0 Å². The highest BCUT2D eigenvalue weighted by molar-refractivity contribution is 7.92. The van der Waals surface area contributed by atoms with Crippen LogP contribution >= 0.6 is 0 Å². The summed E-state index contributed by atoms with van der Waals surface area (Å²) in [4.78, 5) is 14.1. The van der Waals surface area contributed by atoms with Gasteiger partial charge in [-0.25, -0.2) is 9.97 Å². The highest BCUT2D eigenvalue weighted by Crippen LogP contribution is 2.48. The quantitative estimate of drug-likeness (QED) is 0.158. The summed E-state index contributed by atoms with van der Waals surface area (Å²) in [6.07, 6.45) is 0. The fraction of sp³-hybridized carbons (Fsp3) is 0. The van der Waals surface area contributed by atoms with Crippen LogP contribution in [0.5, 0.6) is 0 Å². The SMILES string of the molecule is [O-][S+]1c2ccccc2N(c2cccc(-n3c4ccccc4c4cc(-c5cccc(-c6nc(-c7ccccc7)cc(-c7ccccc7)n6)c5)ccc43)c2)c2ccccc21. The van der Waals surface area contributed by atoms with Crippen molar-refractivity contribution in [1.82, 2.24) is 14.5 Å². The smallest absolute Gasteiger partial charge is 0.182 e. The Kier molecular flexibility index (Phi) is 8.24. The molecule has 0 unspecified atom stereocenters. The summed E-state index contributed by atoms with van der Waals surface area (Å²) < 4.78 is 16.0. The lowest BCUT2D eigenvalue weighted by Gasteiger charge is -2.33. The van der Waals surface area contributed by atoms with Crippen molar-refractivity contribution in [1.29, 1.82) is 0 Å². The molecule has 1 aliphatic heterocycles. The molecule has 0 radical (unpaired) electrons. The number of aromatic nitrogens is 3. The number of nitrogens with zero attached hydrogens (tertiary/aromatic N) is 4. The van der Waals surface area contributed by atoms with Crippen LogP contribution in [0.1, 0.15) is 0 Å². The Bertz CT molecular complexity index is 3060. The molecule has 0 saturated carbocycles. The van der Waals surface area contributed by atoms with Gasteiger partial charge < -0.3 is 14.0 Å². The fourth-order valence-electron chi connectivity index (χ4n) is 8.25. The molecule has 11 rings (SSSR count). The Balaban J connectivity index is 1.02. The van der Waals surface area contributed by atoms with Crippen molar-refractivity contribution in [2.45, 2.75) is 9.79 Å². The zero-order valence-electron chi connectivity index (χ0n) is 31.2. The van der Waals surface area contributed by atoms with Crippen molar-refractivity contribution in [3.8, 4) is 50.7 Å². The van der Waals surface area contributed by atoms with E-state index in [0.29, 0.717) is 5.82 Å². The van der Waals surface area contributed by atoms with E-state index in [2.05, 4.69) is 143 Å². The van der Waals surface area contributed by atoms with Crippen molar-refractivity contribution in [2.75, 3.05) is 4.90 Å². The number of anilines is 3. The molecule has 0 spiro atoms. The van der Waals surface area contributed by atoms with E-state index in [4.69, 9.17) is 9.97 Å². The van der Waals surface area contributed by atoms with Crippen molar-refractivity contribution in [3.63, 3.8) is 0 Å². The van der Waals surface area contributed by atoms with Crippen LogP contribution in [0.4, 0.5) is 17.1 Å². The van der Waals surface area contributed by atoms with Gasteiger partial charge in [-0.3, -0.25) is 0 Å². The molecule has 5 nitrogen and oxygen atoms in total. The number of para-hydroxylation sites is 3. The molecule has 0 saturated heterocycles. The second-order valence-electron chi connectivity index (χ2n) is 14.4. The Morgan fingerprint density at radius 1 is 0.379 bits per heavy atom. The van der Waals surface area contributed by atoms with Gasteiger partial charge in [0.15, 0.2) is 15.6 Å². The number of fused-ring (bicyclic) bond motifs is 5. The standard InChI is InChI=1S/C52H34N4OS/c57-58-50-27-11-9-25-48(50)56(49-26-10-12-28-51(49)58)41-22-14-21-40(33-41)55-46-24-8-7-23-42(46)43-32-38(29-30-47(43)55)37-19-13-20-39(31-37)52-53-44(35-15-3-1-4-16-35)34-45(54-52)36-17-5-2-6-18-36/h1-34H. The largest absolute Gasteiger partial charge is 0.606 e. The minimum Gasteiger partial charge on any atom is -0.606 e. The summed E-state index contributed by atoms with van der Waals surface area (Å²) in [5.74, 6) is 0.685. The Morgan fingerprint density at radius 3 is 1.62 bits per heavy atom. The first kappa shape index (κ1) is 34.0. The average molecular weight is 763 g/mol. The molecule has 2 aromatic heterocycles. The third-order valence-corrected chi connectivity index (χ3v) is 12.4. The third-order valence-electron chi connectivity index (χ3n) is 10.9. The lowest BCUT2D eigenvalue weighted by Crippen LogP contribution is -2.22. The average Bonchev–Trinajstić information content (AvgIpc) is 3.63. The predicted octanol–water partition coefficient (Wildman–Crippen LogP) is 13.2. The van der Waals surface area contributed by atoms with Crippen molar-refractivity contribution < 1.29 is 4.55 Å². The van der Waals surface area contributed by atoms with Gasteiger partial charge in [-0.15, -0.1) is 0 Å². The summed E-state index contributed by atoms with van der Waals surface area (Å²) in [5, 5.41) is 2.35. The molecule has 0 bridgehead atoms. The van der Waals surface area contributed by atoms with E-state index in [1.54, 1.807) is 0 Å². The van der Waals surface area contributed by atoms with E-state index < -0.39 is 11.2 Å². The van der Waals surface area contributed by atoms with Crippen LogP contribution in [0.3, 0.4) is 0 Å². The Labute approximate surface area is 339 Å². The minimum atomic E-state index is -1.26. The van der Waals surface area contributed by atoms with Crippen LogP contribution in [-0.2, 0) is 11.2 Å². The van der Waals surface area contributed by atoms with E-state index in [0.717, 1.165) is 82.8 Å². The number of hydrogen-bond donors (Lipinski definition) is 0. The summed E-state index contributed by atoms with van der Waals surface area (Å²) in [6, 6.07) is 71.2. The van der Waals surface area contributed by atoms with Crippen molar-refractivity contribution in [2.24, 2.45) is 0 Å². The number of hydrogen-bond acceptors (Lipinski definition) is 4. The van der Waals surface area contributed by atoms with E-state index in [1.165, 1.54) is 10.8 Å². The van der Waals surface area contributed by atoms with E-state index in [1.807, 2.05) is 72.8 Å². The topological polar surface area (TPSA) is 57.0 Å². The molecule has 10 aromatic rings. The monoisotopic (exact) mass is 762 g/mol. The molecule has 58 heavy (non-hydrogen) atoms. The highest BCUT2D eigenvalue weighted by atomic mass is 32.2. The molecule has 0 fully saturated rings. The van der Waals surface area contributed by atoms with E-state index in [-0.39, 0.29) is 0 Å². The maximum atomic E-state index is 13.7. The van der Waals surface area contributed by atoms with Gasteiger partial charge in [0.2, 0.25) is 0 Å². The van der Waals surface area contributed by atoms with Crippen LogP contribution < -0.4 is 4.90 Å². The second kappa shape index (κ2) is 14.0. The van der Waals surface area contributed by atoms with Gasteiger partial charge in [-0.05, 0) is 83.9 Å². The first-order valence-electron chi connectivity index (χ1n) is 19.3. The maximum Gasteiger partial charge on any atom is 0.182 e. The zero-order chi connectivity index (χ0) is 38.6. The summed E-state index contributed by atoms with van der Waals surface area (Å²) in [6.45, 7) is 0. The summed E-state index contributed by atoms with van der Waals surface area (Å²) >= 11 is -1.26. The van der Waals surface area contributed by atoms with Crippen LogP contribution in [0.25, 0.3) is 72.5 Å². The number of benzene rings is 8. The summed E-state index contributed by atoms with van der Waals surface area (Å²) in [5.41, 5.74) is 13.2. The molecule has 1 aliphatic rings. The lowest BCUT2D eigenvalue weighted by atomic mass is 10.00. The molecule has 3 heterocycles. The van der Waals surface area contributed by atoms with Gasteiger partial charge in [-0.2, -0.15) is 0 Å². The minimum absolute atomic E-state index is 0.685. The third kappa shape index (κ3) is 5.77. The van der Waals surface area contributed by atoms with Crippen molar-refractivity contribution >= 4 is 50.0 Å². The molecule has 6 heteroatoms. The molecular weight excluding hydrogens is 729 g/mol. The normalized spacial score (nSPS) is 12.5. The van der Waals surface area contributed by atoms with Gasteiger partial charge >= 0.3 is 0 Å². The van der Waals surface area contributed by atoms with Crippen LogP contribution in [0.15, 0.2) is 216 Å². The lowest BCUT2D eigenvalue weighted by molar-refractivity contribution is 0.594. The van der Waals surface area contributed by atoms with Gasteiger partial charge in [0.1, 0.15) is 11.4 Å². The second-order valence-corrected chi connectivity index (χ2v) is 15.8. The summed E-state index contributed by atoms with van der Waals surface area (Å²) in [7, 11) is 0. The maximum absolute atomic E-state index is 13.7. The molecule has 274 valence electrons. The van der Waals surface area contributed by atoms with Gasteiger partial charge in [0.05, 0.1) is 22.4 Å². The van der Waals surface area contributed by atoms with Crippen LogP contribution in [-0.4, -0.2) is 19.1 Å². The van der Waals surface area contributed by atoms with Crippen LogP contribution in [0.2, 0.25) is 0 Å². The molecule has 0 amide bonds. The zero-order valence-corrected chi connectivity index (χ0v) is 32.1.